The van der Waals surface area contributed by atoms with Gasteiger partial charge in [0.05, 0.1) is 7.11 Å². The molecule has 150 valence electrons. The minimum Gasteiger partial charge on any atom is -0.481 e. The zero-order valence-corrected chi connectivity index (χ0v) is 18.1. The lowest BCUT2D eigenvalue weighted by atomic mass is 10.0. The third kappa shape index (κ3) is 6.21. The van der Waals surface area contributed by atoms with Crippen molar-refractivity contribution in [3.63, 3.8) is 0 Å². The number of likely N-dealkylation sites (tertiary alicyclic amines) is 1. The van der Waals surface area contributed by atoms with E-state index in [0.29, 0.717) is 18.5 Å². The summed E-state index contributed by atoms with van der Waals surface area (Å²) in [6.07, 6.45) is 3.98. The summed E-state index contributed by atoms with van der Waals surface area (Å²) >= 11 is 3.49. The van der Waals surface area contributed by atoms with Crippen LogP contribution in [0.3, 0.4) is 0 Å². The number of benzene rings is 1. The molecule has 2 N–H and O–H groups in total. The van der Waals surface area contributed by atoms with Gasteiger partial charge in [-0.15, -0.1) is 0 Å². The highest BCUT2D eigenvalue weighted by atomic mass is 79.9. The van der Waals surface area contributed by atoms with E-state index in [9.17, 15) is 0 Å². The monoisotopic (exact) mass is 445 g/mol. The fourth-order valence-electron chi connectivity index (χ4n) is 3.33. The fourth-order valence-corrected chi connectivity index (χ4v) is 3.59. The predicted octanol–water partition coefficient (Wildman–Crippen LogP) is 3.18. The maximum Gasteiger partial charge on any atom is 0.213 e. The standard InChI is InChI=1S/C21H28BrN5O/c1-23-21(25-14-17-7-10-24-20(13-17)28-2)26-19-8-11-27(12-9-19)15-16-3-5-18(22)6-4-16/h3-7,10,13,19H,8-9,11-12,14-15H2,1-2H3,(H2,23,25,26). The number of aromatic nitrogens is 1. The lowest BCUT2D eigenvalue weighted by Gasteiger charge is -2.33. The molecule has 0 atom stereocenters. The van der Waals surface area contributed by atoms with Crippen molar-refractivity contribution in [1.82, 2.24) is 20.5 Å². The van der Waals surface area contributed by atoms with Crippen LogP contribution in [0.15, 0.2) is 52.1 Å². The van der Waals surface area contributed by atoms with Gasteiger partial charge in [0.2, 0.25) is 5.88 Å². The van der Waals surface area contributed by atoms with Crippen molar-refractivity contribution in [1.29, 1.82) is 0 Å². The van der Waals surface area contributed by atoms with E-state index in [-0.39, 0.29) is 0 Å². The number of guanidine groups is 1. The molecule has 0 radical (unpaired) electrons. The number of halogens is 1. The Bertz CT molecular complexity index is 773. The molecule has 0 aliphatic carbocycles. The van der Waals surface area contributed by atoms with Crippen LogP contribution in [0, 0.1) is 0 Å². The van der Waals surface area contributed by atoms with Gasteiger partial charge in [-0.1, -0.05) is 28.1 Å². The molecule has 1 aromatic heterocycles. The molecule has 0 amide bonds. The highest BCUT2D eigenvalue weighted by molar-refractivity contribution is 9.10. The third-order valence-electron chi connectivity index (χ3n) is 4.94. The quantitative estimate of drug-likeness (QED) is 0.527. The summed E-state index contributed by atoms with van der Waals surface area (Å²) in [6.45, 7) is 3.87. The van der Waals surface area contributed by atoms with E-state index in [1.165, 1.54) is 5.56 Å². The zero-order chi connectivity index (χ0) is 19.8. The molecule has 0 saturated carbocycles. The average molecular weight is 446 g/mol. The molecule has 0 unspecified atom stereocenters. The molecule has 2 aromatic rings. The molecule has 6 nitrogen and oxygen atoms in total. The van der Waals surface area contributed by atoms with Crippen LogP contribution in [0.1, 0.15) is 24.0 Å². The largest absolute Gasteiger partial charge is 0.481 e. The minimum atomic E-state index is 0.444. The summed E-state index contributed by atoms with van der Waals surface area (Å²) in [4.78, 5) is 11.0. The van der Waals surface area contributed by atoms with Gasteiger partial charge in [-0.2, -0.15) is 0 Å². The van der Waals surface area contributed by atoms with Crippen LogP contribution < -0.4 is 15.4 Å². The first-order valence-corrected chi connectivity index (χ1v) is 10.4. The van der Waals surface area contributed by atoms with Gasteiger partial charge in [-0.3, -0.25) is 9.89 Å². The first kappa shape index (κ1) is 20.6. The second-order valence-electron chi connectivity index (χ2n) is 6.95. The number of methoxy groups -OCH3 is 1. The Morgan fingerprint density at radius 2 is 1.96 bits per heavy atom. The Hall–Kier alpha value is -2.12. The normalized spacial score (nSPS) is 16.0. The van der Waals surface area contributed by atoms with Gasteiger partial charge >= 0.3 is 0 Å². The molecular formula is C21H28BrN5O. The minimum absolute atomic E-state index is 0.444. The van der Waals surface area contributed by atoms with Crippen molar-refractivity contribution >= 4 is 21.9 Å². The van der Waals surface area contributed by atoms with Gasteiger partial charge in [0.25, 0.3) is 0 Å². The zero-order valence-electron chi connectivity index (χ0n) is 16.5. The fraction of sp³-hybridized carbons (Fsp3) is 0.429. The lowest BCUT2D eigenvalue weighted by Crippen LogP contribution is -2.48. The van der Waals surface area contributed by atoms with Crippen LogP contribution in [0.25, 0.3) is 0 Å². The first-order chi connectivity index (χ1) is 13.7. The Morgan fingerprint density at radius 1 is 1.21 bits per heavy atom. The van der Waals surface area contributed by atoms with Crippen molar-refractivity contribution in [3.8, 4) is 5.88 Å². The van der Waals surface area contributed by atoms with Crippen LogP contribution in [0.4, 0.5) is 0 Å². The van der Waals surface area contributed by atoms with Crippen LogP contribution >= 0.6 is 15.9 Å². The van der Waals surface area contributed by atoms with E-state index in [1.54, 1.807) is 13.3 Å². The summed E-state index contributed by atoms with van der Waals surface area (Å²) in [7, 11) is 3.44. The molecule has 1 saturated heterocycles. The number of hydrogen-bond donors (Lipinski definition) is 2. The number of nitrogens with one attached hydrogen (secondary N) is 2. The highest BCUT2D eigenvalue weighted by Gasteiger charge is 2.20. The summed E-state index contributed by atoms with van der Waals surface area (Å²) in [6, 6.07) is 12.9. The number of piperidine rings is 1. The Morgan fingerprint density at radius 3 is 2.64 bits per heavy atom. The summed E-state index contributed by atoms with van der Waals surface area (Å²) in [5.74, 6) is 1.46. The van der Waals surface area contributed by atoms with Crippen molar-refractivity contribution in [2.45, 2.75) is 32.0 Å². The third-order valence-corrected chi connectivity index (χ3v) is 5.47. The number of rotatable bonds is 6. The van der Waals surface area contributed by atoms with Crippen LogP contribution in [-0.2, 0) is 13.1 Å². The number of pyridine rings is 1. The molecule has 0 bridgehead atoms. The van der Waals surface area contributed by atoms with E-state index in [0.717, 1.165) is 48.5 Å². The lowest BCUT2D eigenvalue weighted by molar-refractivity contribution is 0.198. The molecule has 1 aliphatic heterocycles. The molecule has 28 heavy (non-hydrogen) atoms. The number of nitrogens with zero attached hydrogens (tertiary/aromatic N) is 3. The molecule has 2 heterocycles. The Kier molecular flexibility index (Phi) is 7.68. The smallest absolute Gasteiger partial charge is 0.213 e. The Balaban J connectivity index is 1.42. The van der Waals surface area contributed by atoms with Gasteiger partial charge < -0.3 is 15.4 Å². The summed E-state index contributed by atoms with van der Waals surface area (Å²) in [5, 5.41) is 6.93. The first-order valence-electron chi connectivity index (χ1n) is 9.59. The Labute approximate surface area is 175 Å². The van der Waals surface area contributed by atoms with Gasteiger partial charge in [0, 0.05) is 56.0 Å². The topological polar surface area (TPSA) is 61.8 Å². The van der Waals surface area contributed by atoms with E-state index in [2.05, 4.69) is 65.7 Å². The maximum absolute atomic E-state index is 5.18. The second kappa shape index (κ2) is 10.4. The van der Waals surface area contributed by atoms with Crippen molar-refractivity contribution < 1.29 is 4.74 Å². The van der Waals surface area contributed by atoms with Crippen LogP contribution in [-0.4, -0.2) is 49.1 Å². The van der Waals surface area contributed by atoms with E-state index < -0.39 is 0 Å². The molecule has 1 fully saturated rings. The summed E-state index contributed by atoms with van der Waals surface area (Å²) in [5.41, 5.74) is 2.47. The number of hydrogen-bond acceptors (Lipinski definition) is 4. The van der Waals surface area contributed by atoms with E-state index >= 15 is 0 Å². The van der Waals surface area contributed by atoms with E-state index in [1.807, 2.05) is 19.2 Å². The van der Waals surface area contributed by atoms with Crippen LogP contribution in [0.2, 0.25) is 0 Å². The SMILES string of the molecule is CN=C(NCc1ccnc(OC)c1)NC1CCN(Cc2ccc(Br)cc2)CC1. The van der Waals surface area contributed by atoms with Crippen molar-refractivity contribution in [2.24, 2.45) is 4.99 Å². The van der Waals surface area contributed by atoms with Crippen LogP contribution in [0.5, 0.6) is 5.88 Å². The van der Waals surface area contributed by atoms with E-state index in [4.69, 9.17) is 4.74 Å². The molecule has 3 rings (SSSR count). The summed E-state index contributed by atoms with van der Waals surface area (Å²) < 4.78 is 6.30. The predicted molar refractivity (Wildman–Crippen MR) is 117 cm³/mol. The maximum atomic E-state index is 5.18. The number of aliphatic imine (C=N–C) groups is 1. The van der Waals surface area contributed by atoms with Crippen molar-refractivity contribution in [2.75, 3.05) is 27.2 Å². The molecule has 1 aliphatic rings. The van der Waals surface area contributed by atoms with Crippen molar-refractivity contribution in [3.05, 3.63) is 58.2 Å². The second-order valence-corrected chi connectivity index (χ2v) is 7.87. The van der Waals surface area contributed by atoms with Gasteiger partial charge in [0.15, 0.2) is 5.96 Å². The number of ether oxygens (including phenoxy) is 1. The van der Waals surface area contributed by atoms with Gasteiger partial charge in [0.1, 0.15) is 0 Å². The molecule has 7 heteroatoms. The molecule has 1 aromatic carbocycles. The van der Waals surface area contributed by atoms with Gasteiger partial charge in [-0.25, -0.2) is 4.98 Å². The van der Waals surface area contributed by atoms with Gasteiger partial charge in [-0.05, 0) is 42.2 Å². The highest BCUT2D eigenvalue weighted by Crippen LogP contribution is 2.16. The average Bonchev–Trinajstić information content (AvgIpc) is 2.74. The molecule has 0 spiro atoms. The molecular weight excluding hydrogens is 418 g/mol.